The molecule has 6 heteroatoms. The van der Waals surface area contributed by atoms with Gasteiger partial charge < -0.3 is 10.6 Å². The van der Waals surface area contributed by atoms with Gasteiger partial charge in [-0.05, 0) is 11.6 Å². The number of hydrogen-bond acceptors (Lipinski definition) is 5. The van der Waals surface area contributed by atoms with Gasteiger partial charge in [0.2, 0.25) is 0 Å². The van der Waals surface area contributed by atoms with Crippen LogP contribution in [0.25, 0.3) is 0 Å². The zero-order valence-corrected chi connectivity index (χ0v) is 11.3. The number of nitrogens with one attached hydrogen (secondary N) is 1. The largest absolute Gasteiger partial charge is 0.341 e. The van der Waals surface area contributed by atoms with Crippen molar-refractivity contribution in [1.82, 2.24) is 10.3 Å². The Labute approximate surface area is 116 Å². The van der Waals surface area contributed by atoms with E-state index in [0.29, 0.717) is 6.54 Å². The summed E-state index contributed by atoms with van der Waals surface area (Å²) in [6, 6.07) is 7.91. The minimum Gasteiger partial charge on any atom is -0.341 e. The van der Waals surface area contributed by atoms with E-state index in [4.69, 9.17) is 5.73 Å². The highest BCUT2D eigenvalue weighted by atomic mass is 32.2. The van der Waals surface area contributed by atoms with Crippen molar-refractivity contribution >= 4 is 23.5 Å². The molecular formula is C13H16N4OS. The Morgan fingerprint density at radius 2 is 2.42 bits per heavy atom. The zero-order chi connectivity index (χ0) is 13.2. The molecule has 0 aromatic heterocycles. The molecule has 1 amide bonds. The van der Waals surface area contributed by atoms with Gasteiger partial charge in [-0.2, -0.15) is 16.9 Å². The van der Waals surface area contributed by atoms with Crippen LogP contribution in [0.4, 0.5) is 0 Å². The highest BCUT2D eigenvalue weighted by molar-refractivity contribution is 7.99. The maximum atomic E-state index is 11.8. The molecule has 5 nitrogen and oxygen atoms in total. The second-order valence-corrected chi connectivity index (χ2v) is 5.75. The third-order valence-electron chi connectivity index (χ3n) is 3.40. The van der Waals surface area contributed by atoms with E-state index in [1.54, 1.807) is 0 Å². The highest BCUT2D eigenvalue weighted by Gasteiger charge is 2.35. The fraction of sp³-hybridized carbons (Fsp3) is 0.385. The number of benzene rings is 1. The Balaban J connectivity index is 1.96. The van der Waals surface area contributed by atoms with E-state index >= 15 is 0 Å². The van der Waals surface area contributed by atoms with Gasteiger partial charge in [0, 0.05) is 30.2 Å². The Morgan fingerprint density at radius 3 is 3.26 bits per heavy atom. The van der Waals surface area contributed by atoms with Crippen molar-refractivity contribution in [2.75, 3.05) is 18.1 Å². The molecule has 1 aromatic rings. The summed E-state index contributed by atoms with van der Waals surface area (Å²) >= 11 is 1.81. The Bertz CT molecular complexity index is 531. The third kappa shape index (κ3) is 2.33. The summed E-state index contributed by atoms with van der Waals surface area (Å²) in [7, 11) is 0. The van der Waals surface area contributed by atoms with Crippen molar-refractivity contribution in [3.63, 3.8) is 0 Å². The molecule has 0 spiro atoms. The van der Waals surface area contributed by atoms with E-state index in [9.17, 15) is 4.79 Å². The van der Waals surface area contributed by atoms with Crippen molar-refractivity contribution < 1.29 is 4.79 Å². The van der Waals surface area contributed by atoms with E-state index in [0.717, 1.165) is 35.0 Å². The number of nitrogens with zero attached hydrogens (tertiary/aromatic N) is 2. The van der Waals surface area contributed by atoms with Gasteiger partial charge in [0.25, 0.3) is 5.91 Å². The Kier molecular flexibility index (Phi) is 3.44. The predicted molar refractivity (Wildman–Crippen MR) is 76.8 cm³/mol. The molecule has 1 fully saturated rings. The number of nitrogens with two attached hydrogens (primary N) is 1. The van der Waals surface area contributed by atoms with Crippen LogP contribution in [0, 0.1) is 0 Å². The number of carbonyl (C=O) groups excluding carboxylic acids is 1. The normalized spacial score (nSPS) is 22.6. The Morgan fingerprint density at radius 1 is 1.53 bits per heavy atom. The van der Waals surface area contributed by atoms with Crippen molar-refractivity contribution in [3.05, 3.63) is 35.4 Å². The smallest absolute Gasteiger partial charge is 0.263 e. The summed E-state index contributed by atoms with van der Waals surface area (Å²) in [5, 5.41) is 4.23. The summed E-state index contributed by atoms with van der Waals surface area (Å²) in [6.07, 6.45) is 0. The molecule has 3 N–H and O–H groups in total. The lowest BCUT2D eigenvalue weighted by molar-refractivity contribution is -0.125. The first-order chi connectivity index (χ1) is 9.29. The molecule has 0 radical (unpaired) electrons. The number of amides is 1. The summed E-state index contributed by atoms with van der Waals surface area (Å²) in [6.45, 7) is 1.36. The number of hydrazone groups is 1. The average Bonchev–Trinajstić information content (AvgIpc) is 2.48. The van der Waals surface area contributed by atoms with Crippen molar-refractivity contribution in [1.29, 1.82) is 0 Å². The number of carbonyl (C=O) groups is 1. The fourth-order valence-corrected chi connectivity index (χ4v) is 3.44. The molecule has 2 aliphatic rings. The van der Waals surface area contributed by atoms with Gasteiger partial charge in [-0.15, -0.1) is 0 Å². The lowest BCUT2D eigenvalue weighted by atomic mass is 10.1. The van der Waals surface area contributed by atoms with Crippen LogP contribution in [0.15, 0.2) is 29.4 Å². The van der Waals surface area contributed by atoms with Crippen LogP contribution < -0.4 is 11.2 Å². The van der Waals surface area contributed by atoms with E-state index in [1.807, 2.05) is 36.0 Å². The molecule has 2 heterocycles. The first-order valence-electron chi connectivity index (χ1n) is 6.31. The summed E-state index contributed by atoms with van der Waals surface area (Å²) < 4.78 is 0. The van der Waals surface area contributed by atoms with E-state index in [-0.39, 0.29) is 11.9 Å². The van der Waals surface area contributed by atoms with Crippen molar-refractivity contribution in [2.45, 2.75) is 12.6 Å². The van der Waals surface area contributed by atoms with Gasteiger partial charge in [-0.25, -0.2) is 5.43 Å². The second kappa shape index (κ2) is 5.22. The van der Waals surface area contributed by atoms with Crippen LogP contribution in [-0.2, 0) is 11.3 Å². The van der Waals surface area contributed by atoms with Crippen LogP contribution in [0.3, 0.4) is 0 Å². The van der Waals surface area contributed by atoms with Crippen molar-refractivity contribution in [2.24, 2.45) is 10.8 Å². The monoisotopic (exact) mass is 276 g/mol. The molecule has 3 rings (SSSR count). The van der Waals surface area contributed by atoms with Crippen LogP contribution >= 0.6 is 11.8 Å². The number of rotatable bonds is 2. The van der Waals surface area contributed by atoms with Gasteiger partial charge in [-0.3, -0.25) is 4.79 Å². The van der Waals surface area contributed by atoms with Crippen LogP contribution in [0.1, 0.15) is 11.1 Å². The van der Waals surface area contributed by atoms with Gasteiger partial charge >= 0.3 is 0 Å². The SMILES string of the molecule is NCc1cccc(C2=NNC(=O)C3CSCCN23)c1. The van der Waals surface area contributed by atoms with Crippen LogP contribution in [-0.4, -0.2) is 40.7 Å². The number of thioether (sulfide) groups is 1. The molecule has 100 valence electrons. The fourth-order valence-electron chi connectivity index (χ4n) is 2.39. The molecular weight excluding hydrogens is 260 g/mol. The van der Waals surface area contributed by atoms with Gasteiger partial charge in [0.15, 0.2) is 5.84 Å². The number of amidine groups is 1. The van der Waals surface area contributed by atoms with Gasteiger partial charge in [-0.1, -0.05) is 18.2 Å². The molecule has 1 atom stereocenters. The summed E-state index contributed by atoms with van der Waals surface area (Å²) in [5.41, 5.74) is 10.4. The summed E-state index contributed by atoms with van der Waals surface area (Å²) in [4.78, 5) is 13.9. The Hall–Kier alpha value is -1.53. The lowest BCUT2D eigenvalue weighted by Crippen LogP contribution is -2.57. The number of hydrogen-bond donors (Lipinski definition) is 2. The zero-order valence-electron chi connectivity index (χ0n) is 10.5. The molecule has 0 saturated carbocycles. The van der Waals surface area contributed by atoms with Gasteiger partial charge in [0.05, 0.1) is 0 Å². The standard InChI is InChI=1S/C13H16N4OS/c14-7-9-2-1-3-10(6-9)12-15-16-13(18)11-8-19-5-4-17(11)12/h1-3,6,11H,4-5,7-8,14H2,(H,16,18). The quantitative estimate of drug-likeness (QED) is 0.818. The maximum absolute atomic E-state index is 11.8. The average molecular weight is 276 g/mol. The first kappa shape index (κ1) is 12.5. The molecule has 0 aliphatic carbocycles. The first-order valence-corrected chi connectivity index (χ1v) is 7.46. The number of fused-ring (bicyclic) bond motifs is 1. The molecule has 19 heavy (non-hydrogen) atoms. The van der Waals surface area contributed by atoms with E-state index in [1.165, 1.54) is 0 Å². The van der Waals surface area contributed by atoms with Gasteiger partial charge in [0.1, 0.15) is 6.04 Å². The minimum atomic E-state index is -0.104. The minimum absolute atomic E-state index is 0.00840. The van der Waals surface area contributed by atoms with Crippen LogP contribution in [0.5, 0.6) is 0 Å². The lowest BCUT2D eigenvalue weighted by Gasteiger charge is -2.38. The molecule has 0 bridgehead atoms. The van der Waals surface area contributed by atoms with Crippen LogP contribution in [0.2, 0.25) is 0 Å². The summed E-state index contributed by atoms with van der Waals surface area (Å²) in [5.74, 6) is 2.69. The molecule has 1 saturated heterocycles. The van der Waals surface area contributed by atoms with Crippen molar-refractivity contribution in [3.8, 4) is 0 Å². The predicted octanol–water partition coefficient (Wildman–Crippen LogP) is 0.354. The van der Waals surface area contributed by atoms with E-state index in [2.05, 4.69) is 15.4 Å². The third-order valence-corrected chi connectivity index (χ3v) is 4.42. The molecule has 1 aromatic carbocycles. The molecule has 1 unspecified atom stereocenters. The topological polar surface area (TPSA) is 70.7 Å². The van der Waals surface area contributed by atoms with E-state index < -0.39 is 0 Å². The second-order valence-electron chi connectivity index (χ2n) is 4.60. The maximum Gasteiger partial charge on any atom is 0.263 e. The highest BCUT2D eigenvalue weighted by Crippen LogP contribution is 2.22. The molecule has 2 aliphatic heterocycles.